The number of hydrogen-bond donors (Lipinski definition) is 2. The number of rotatable bonds is 11. The fraction of sp³-hybridized carbons (Fsp3) is 0.192. The molecule has 4 rings (SSSR count). The molecule has 0 amide bonds. The number of sulfonamides is 1. The average molecular weight is 560 g/mol. The molecule has 0 aliphatic carbocycles. The molecule has 8 nitrogen and oxygen atoms in total. The van der Waals surface area contributed by atoms with Crippen LogP contribution in [0.5, 0.6) is 11.5 Å². The number of thiazole rings is 1. The van der Waals surface area contributed by atoms with Gasteiger partial charge in [-0.2, -0.15) is 0 Å². The molecule has 1 heterocycles. The summed E-state index contributed by atoms with van der Waals surface area (Å²) in [4.78, 5) is 4.25. The average Bonchev–Trinajstić information content (AvgIpc) is 3.45. The van der Waals surface area contributed by atoms with Gasteiger partial charge < -0.3 is 19.9 Å². The third-order valence-electron chi connectivity index (χ3n) is 5.68. The van der Waals surface area contributed by atoms with Gasteiger partial charge in [0.15, 0.2) is 5.13 Å². The molecule has 3 aromatic carbocycles. The van der Waals surface area contributed by atoms with Crippen molar-refractivity contribution >= 4 is 43.8 Å². The summed E-state index contributed by atoms with van der Waals surface area (Å²) in [7, 11) is -0.993. The van der Waals surface area contributed by atoms with Gasteiger partial charge >= 0.3 is 0 Å². The topological polar surface area (TPSA) is 101 Å². The van der Waals surface area contributed by atoms with Crippen LogP contribution in [-0.2, 0) is 16.6 Å². The first-order valence-electron chi connectivity index (χ1n) is 11.2. The maximum absolute atomic E-state index is 13.8. The Morgan fingerprint density at radius 3 is 2.49 bits per heavy atom. The third-order valence-corrected chi connectivity index (χ3v) is 8.64. The Balaban J connectivity index is 1.66. The highest BCUT2D eigenvalue weighted by molar-refractivity contribution is 7.93. The van der Waals surface area contributed by atoms with Crippen molar-refractivity contribution in [3.63, 3.8) is 0 Å². The predicted molar refractivity (Wildman–Crippen MR) is 146 cm³/mol. The van der Waals surface area contributed by atoms with E-state index in [1.54, 1.807) is 43.0 Å². The van der Waals surface area contributed by atoms with Gasteiger partial charge in [0.25, 0.3) is 10.0 Å². The van der Waals surface area contributed by atoms with Crippen LogP contribution in [0.2, 0.25) is 5.02 Å². The molecule has 0 aliphatic heterocycles. The van der Waals surface area contributed by atoms with Crippen molar-refractivity contribution in [3.05, 3.63) is 94.5 Å². The minimum Gasteiger partial charge on any atom is -0.497 e. The van der Waals surface area contributed by atoms with E-state index in [1.807, 2.05) is 30.3 Å². The van der Waals surface area contributed by atoms with Crippen molar-refractivity contribution in [2.45, 2.75) is 17.5 Å². The summed E-state index contributed by atoms with van der Waals surface area (Å²) in [5, 5.41) is 15.3. The fourth-order valence-corrected chi connectivity index (χ4v) is 6.33. The van der Waals surface area contributed by atoms with Crippen molar-refractivity contribution in [1.82, 2.24) is 4.98 Å². The predicted octanol–water partition coefficient (Wildman–Crippen LogP) is 5.35. The first-order valence-corrected chi connectivity index (χ1v) is 13.9. The molecule has 0 radical (unpaired) electrons. The van der Waals surface area contributed by atoms with E-state index in [1.165, 1.54) is 34.9 Å². The zero-order chi connectivity index (χ0) is 26.4. The Morgan fingerprint density at radius 1 is 1.08 bits per heavy atom. The number of nitrogens with zero attached hydrogens (tertiary/aromatic N) is 2. The second-order valence-electron chi connectivity index (χ2n) is 7.94. The number of nitrogens with one attached hydrogen (secondary N) is 1. The minimum atomic E-state index is -4.06. The molecule has 0 aliphatic rings. The molecule has 1 aromatic heterocycles. The largest absolute Gasteiger partial charge is 0.497 e. The van der Waals surface area contributed by atoms with E-state index < -0.39 is 16.1 Å². The normalized spacial score (nSPS) is 12.1. The van der Waals surface area contributed by atoms with Crippen LogP contribution in [-0.4, -0.2) is 39.3 Å². The summed E-state index contributed by atoms with van der Waals surface area (Å²) >= 11 is 7.73. The number of methoxy groups -OCH3 is 2. The van der Waals surface area contributed by atoms with Crippen LogP contribution in [0.4, 0.5) is 10.8 Å². The molecule has 4 aromatic rings. The van der Waals surface area contributed by atoms with Crippen LogP contribution in [0.3, 0.4) is 0 Å². The molecule has 0 saturated carbocycles. The number of hydrogen-bond acceptors (Lipinski definition) is 8. The Hall–Kier alpha value is -3.31. The minimum absolute atomic E-state index is 0.00554. The third kappa shape index (κ3) is 5.99. The molecule has 0 bridgehead atoms. The molecule has 194 valence electrons. The van der Waals surface area contributed by atoms with E-state index in [4.69, 9.17) is 21.1 Å². The van der Waals surface area contributed by atoms with Crippen LogP contribution in [0.25, 0.3) is 0 Å². The standard InChI is InChI=1S/C26H26ClN3O5S2/c1-34-20-9-8-19(25(14-20)35-2)16-30(26-28-12-13-36-26)37(32,33)21-10-11-23(22(27)15-21)29-24(17-31)18-6-4-3-5-7-18/h3-15,24,29,31H,16-17H2,1-2H3/t24-/m0/s1. The van der Waals surface area contributed by atoms with Gasteiger partial charge in [0.2, 0.25) is 0 Å². The summed E-state index contributed by atoms with van der Waals surface area (Å²) in [5.41, 5.74) is 2.02. The summed E-state index contributed by atoms with van der Waals surface area (Å²) in [6.45, 7) is -0.177. The van der Waals surface area contributed by atoms with Gasteiger partial charge in [-0.05, 0) is 35.9 Å². The van der Waals surface area contributed by atoms with Crippen molar-refractivity contribution in [1.29, 1.82) is 0 Å². The van der Waals surface area contributed by atoms with Crippen molar-refractivity contribution in [2.75, 3.05) is 30.4 Å². The second-order valence-corrected chi connectivity index (χ2v) is 11.1. The summed E-state index contributed by atoms with van der Waals surface area (Å²) in [6, 6.07) is 18.7. The van der Waals surface area contributed by atoms with E-state index >= 15 is 0 Å². The Morgan fingerprint density at radius 2 is 1.86 bits per heavy atom. The van der Waals surface area contributed by atoms with Crippen LogP contribution >= 0.6 is 22.9 Å². The van der Waals surface area contributed by atoms with Crippen molar-refractivity contribution in [2.24, 2.45) is 0 Å². The molecular formula is C26H26ClN3O5S2. The highest BCUT2D eigenvalue weighted by atomic mass is 35.5. The summed E-state index contributed by atoms with van der Waals surface area (Å²) in [6.07, 6.45) is 1.55. The molecule has 11 heteroatoms. The molecule has 0 fully saturated rings. The second kappa shape index (κ2) is 11.8. The number of aliphatic hydroxyl groups is 1. The van der Waals surface area contributed by atoms with Crippen molar-refractivity contribution in [3.8, 4) is 11.5 Å². The maximum atomic E-state index is 13.8. The van der Waals surface area contributed by atoms with E-state index in [2.05, 4.69) is 10.3 Å². The van der Waals surface area contributed by atoms with Gasteiger partial charge in [-0.1, -0.05) is 41.9 Å². The molecule has 0 spiro atoms. The molecular weight excluding hydrogens is 534 g/mol. The first-order chi connectivity index (χ1) is 17.9. The lowest BCUT2D eigenvalue weighted by Crippen LogP contribution is -2.30. The molecule has 2 N–H and O–H groups in total. The first kappa shape index (κ1) is 26.7. The number of ether oxygens (including phenoxy) is 2. The lowest BCUT2D eigenvalue weighted by atomic mass is 10.1. The van der Waals surface area contributed by atoms with Crippen LogP contribution in [0.15, 0.2) is 83.2 Å². The highest BCUT2D eigenvalue weighted by Crippen LogP contribution is 2.34. The van der Waals surface area contributed by atoms with Crippen LogP contribution in [0, 0.1) is 0 Å². The van der Waals surface area contributed by atoms with Crippen LogP contribution < -0.4 is 19.1 Å². The van der Waals surface area contributed by atoms with Crippen molar-refractivity contribution < 1.29 is 23.0 Å². The van der Waals surface area contributed by atoms with E-state index in [0.717, 1.165) is 5.56 Å². The monoisotopic (exact) mass is 559 g/mol. The zero-order valence-electron chi connectivity index (χ0n) is 20.2. The van der Waals surface area contributed by atoms with Crippen LogP contribution in [0.1, 0.15) is 17.2 Å². The van der Waals surface area contributed by atoms with Gasteiger partial charge in [-0.25, -0.2) is 17.7 Å². The fourth-order valence-electron chi connectivity index (χ4n) is 3.74. The molecule has 0 unspecified atom stereocenters. The van der Waals surface area contributed by atoms with E-state index in [0.29, 0.717) is 27.9 Å². The number of aliphatic hydroxyl groups excluding tert-OH is 1. The lowest BCUT2D eigenvalue weighted by Gasteiger charge is -2.24. The SMILES string of the molecule is COc1ccc(CN(c2nccs2)S(=O)(=O)c2ccc(N[C@@H](CO)c3ccccc3)c(Cl)c2)c(OC)c1. The summed E-state index contributed by atoms with van der Waals surface area (Å²) < 4.78 is 39.6. The Labute approximate surface area is 225 Å². The Bertz CT molecular complexity index is 1430. The van der Waals surface area contributed by atoms with Gasteiger partial charge in [0.1, 0.15) is 11.5 Å². The maximum Gasteiger partial charge on any atom is 0.266 e. The zero-order valence-corrected chi connectivity index (χ0v) is 22.6. The van der Waals surface area contributed by atoms with E-state index in [-0.39, 0.29) is 23.1 Å². The molecule has 1 atom stereocenters. The number of anilines is 2. The van der Waals surface area contributed by atoms with E-state index in [9.17, 15) is 13.5 Å². The number of halogens is 1. The smallest absolute Gasteiger partial charge is 0.266 e. The van der Waals surface area contributed by atoms with Gasteiger partial charge in [-0.15, -0.1) is 11.3 Å². The van der Waals surface area contributed by atoms with Gasteiger partial charge in [0, 0.05) is 23.2 Å². The Kier molecular flexibility index (Phi) is 8.55. The highest BCUT2D eigenvalue weighted by Gasteiger charge is 2.29. The lowest BCUT2D eigenvalue weighted by molar-refractivity contribution is 0.276. The number of aromatic nitrogens is 1. The number of benzene rings is 3. The summed E-state index contributed by atoms with van der Waals surface area (Å²) in [5.74, 6) is 1.08. The molecule has 37 heavy (non-hydrogen) atoms. The quantitative estimate of drug-likeness (QED) is 0.255. The van der Waals surface area contributed by atoms with Gasteiger partial charge in [-0.3, -0.25) is 0 Å². The molecule has 0 saturated heterocycles. The van der Waals surface area contributed by atoms with Gasteiger partial charge in [0.05, 0.1) is 49.0 Å².